The van der Waals surface area contributed by atoms with E-state index >= 15 is 0 Å². The van der Waals surface area contributed by atoms with Gasteiger partial charge in [-0.3, -0.25) is 4.79 Å². The Kier molecular flexibility index (Phi) is 8.44. The molecular weight excluding hydrogens is 282 g/mol. The van der Waals surface area contributed by atoms with Gasteiger partial charge in [0.2, 0.25) is 5.91 Å². The van der Waals surface area contributed by atoms with Crippen molar-refractivity contribution < 1.29 is 4.79 Å². The minimum Gasteiger partial charge on any atom is -0.326 e. The molecule has 0 radical (unpaired) electrons. The molecule has 3 heteroatoms. The highest BCUT2D eigenvalue weighted by Crippen LogP contribution is 2.26. The third-order valence-electron chi connectivity index (χ3n) is 3.33. The molecule has 118 valence electrons. The van der Waals surface area contributed by atoms with Crippen molar-refractivity contribution in [2.24, 2.45) is 11.8 Å². The lowest BCUT2D eigenvalue weighted by atomic mass is 9.87. The fourth-order valence-electron chi connectivity index (χ4n) is 2.40. The van der Waals surface area contributed by atoms with E-state index in [1.807, 2.05) is 12.1 Å². The van der Waals surface area contributed by atoms with Crippen LogP contribution in [-0.4, -0.2) is 5.91 Å². The largest absolute Gasteiger partial charge is 0.326 e. The van der Waals surface area contributed by atoms with Gasteiger partial charge in [0, 0.05) is 17.1 Å². The van der Waals surface area contributed by atoms with Gasteiger partial charge >= 0.3 is 0 Å². The Morgan fingerprint density at radius 3 is 2.19 bits per heavy atom. The number of benzene rings is 1. The Balaban J connectivity index is 0.000000491. The first-order chi connectivity index (χ1) is 9.97. The normalized spacial score (nSPS) is 15.3. The molecule has 0 bridgehead atoms. The summed E-state index contributed by atoms with van der Waals surface area (Å²) in [5.41, 5.74) is 0.829. The summed E-state index contributed by atoms with van der Waals surface area (Å²) in [5, 5.41) is 3.61. The molecular formula is C18H28ClNO. The first kappa shape index (κ1) is 18.0. The summed E-state index contributed by atoms with van der Waals surface area (Å²) in [5.74, 6) is 1.54. The average Bonchev–Trinajstić information content (AvgIpc) is 2.42. The van der Waals surface area contributed by atoms with E-state index in [4.69, 9.17) is 11.6 Å². The number of halogens is 1. The number of hydrogen-bond acceptors (Lipinski definition) is 1. The van der Waals surface area contributed by atoms with Gasteiger partial charge in [0.25, 0.3) is 0 Å². The molecule has 0 atom stereocenters. The molecule has 21 heavy (non-hydrogen) atoms. The van der Waals surface area contributed by atoms with Crippen LogP contribution < -0.4 is 5.32 Å². The van der Waals surface area contributed by atoms with Crippen LogP contribution in [0.5, 0.6) is 0 Å². The Morgan fingerprint density at radius 1 is 1.14 bits per heavy atom. The topological polar surface area (TPSA) is 29.1 Å². The van der Waals surface area contributed by atoms with Crippen molar-refractivity contribution in [3.05, 3.63) is 29.3 Å². The molecule has 1 N–H and O–H groups in total. The van der Waals surface area contributed by atoms with Gasteiger partial charge in [-0.15, -0.1) is 0 Å². The molecule has 1 aliphatic carbocycles. The van der Waals surface area contributed by atoms with Crippen molar-refractivity contribution in [2.75, 3.05) is 5.32 Å². The van der Waals surface area contributed by atoms with Gasteiger partial charge in [-0.2, -0.15) is 0 Å². The lowest BCUT2D eigenvalue weighted by Gasteiger charge is -2.20. The van der Waals surface area contributed by atoms with E-state index in [9.17, 15) is 4.79 Å². The highest BCUT2D eigenvalue weighted by Gasteiger charge is 2.16. The Morgan fingerprint density at radius 2 is 1.67 bits per heavy atom. The molecule has 1 saturated carbocycles. The maximum Gasteiger partial charge on any atom is 0.224 e. The lowest BCUT2D eigenvalue weighted by molar-refractivity contribution is -0.117. The second kappa shape index (κ2) is 9.83. The first-order valence-corrected chi connectivity index (χ1v) is 8.40. The quantitative estimate of drug-likeness (QED) is 0.738. The van der Waals surface area contributed by atoms with Crippen LogP contribution in [-0.2, 0) is 4.79 Å². The third-order valence-corrected chi connectivity index (χ3v) is 3.58. The minimum atomic E-state index is 0.124. The maximum atomic E-state index is 11.8. The lowest BCUT2D eigenvalue weighted by Crippen LogP contribution is -2.18. The number of carbonyl (C=O) groups excluding carboxylic acids is 1. The van der Waals surface area contributed by atoms with Crippen molar-refractivity contribution >= 4 is 23.2 Å². The predicted octanol–water partition coefficient (Wildman–Crippen LogP) is 5.91. The second-order valence-corrected chi connectivity index (χ2v) is 6.93. The van der Waals surface area contributed by atoms with Gasteiger partial charge in [0.1, 0.15) is 0 Å². The van der Waals surface area contributed by atoms with Gasteiger partial charge in [-0.1, -0.05) is 51.6 Å². The molecule has 1 aromatic rings. The SMILES string of the molecule is CC(C)C.O=C(CC1CCCCC1)Nc1ccc(Cl)cc1. The van der Waals surface area contributed by atoms with E-state index in [2.05, 4.69) is 26.1 Å². The van der Waals surface area contributed by atoms with Gasteiger partial charge in [0.15, 0.2) is 0 Å². The van der Waals surface area contributed by atoms with Crippen molar-refractivity contribution in [2.45, 2.75) is 59.3 Å². The third kappa shape index (κ3) is 8.77. The summed E-state index contributed by atoms with van der Waals surface area (Å²) in [4.78, 5) is 11.8. The standard InChI is InChI=1S/C14H18ClNO.C4H10/c15-12-6-8-13(9-7-12)16-14(17)10-11-4-2-1-3-5-11;1-4(2)3/h6-9,11H,1-5,10H2,(H,16,17);4H,1-3H3. The minimum absolute atomic E-state index is 0.124. The van der Waals surface area contributed by atoms with E-state index in [-0.39, 0.29) is 5.91 Å². The molecule has 2 rings (SSSR count). The highest BCUT2D eigenvalue weighted by molar-refractivity contribution is 6.30. The molecule has 1 aliphatic rings. The fraction of sp³-hybridized carbons (Fsp3) is 0.611. The van der Waals surface area contributed by atoms with Crippen LogP contribution in [0.1, 0.15) is 59.3 Å². The van der Waals surface area contributed by atoms with Crippen LogP contribution in [0.15, 0.2) is 24.3 Å². The van der Waals surface area contributed by atoms with E-state index < -0.39 is 0 Å². The number of anilines is 1. The van der Waals surface area contributed by atoms with E-state index in [0.29, 0.717) is 17.4 Å². The van der Waals surface area contributed by atoms with Gasteiger partial charge < -0.3 is 5.32 Å². The summed E-state index contributed by atoms with van der Waals surface area (Å²) in [6.45, 7) is 6.50. The van der Waals surface area contributed by atoms with E-state index in [1.54, 1.807) is 12.1 Å². The van der Waals surface area contributed by atoms with Crippen molar-refractivity contribution in [3.63, 3.8) is 0 Å². The molecule has 1 aromatic carbocycles. The van der Waals surface area contributed by atoms with Gasteiger partial charge in [-0.05, 0) is 48.9 Å². The van der Waals surface area contributed by atoms with Crippen LogP contribution in [0.3, 0.4) is 0 Å². The number of amides is 1. The first-order valence-electron chi connectivity index (χ1n) is 8.02. The van der Waals surface area contributed by atoms with E-state index in [0.717, 1.165) is 11.6 Å². The van der Waals surface area contributed by atoms with E-state index in [1.165, 1.54) is 32.1 Å². The number of nitrogens with one attached hydrogen (secondary N) is 1. The zero-order valence-corrected chi connectivity index (χ0v) is 14.2. The summed E-state index contributed by atoms with van der Waals surface area (Å²) in [6.07, 6.45) is 6.94. The van der Waals surface area contributed by atoms with Crippen molar-refractivity contribution in [1.29, 1.82) is 0 Å². The van der Waals surface area contributed by atoms with Crippen LogP contribution >= 0.6 is 11.6 Å². The van der Waals surface area contributed by atoms with Crippen LogP contribution in [0.25, 0.3) is 0 Å². The fourth-order valence-corrected chi connectivity index (χ4v) is 2.52. The number of hydrogen-bond donors (Lipinski definition) is 1. The average molecular weight is 310 g/mol. The Bertz CT molecular complexity index is 405. The summed E-state index contributed by atoms with van der Waals surface area (Å²) >= 11 is 5.79. The molecule has 0 heterocycles. The molecule has 1 amide bonds. The second-order valence-electron chi connectivity index (χ2n) is 6.50. The summed E-state index contributed by atoms with van der Waals surface area (Å²) in [7, 11) is 0. The van der Waals surface area contributed by atoms with Crippen molar-refractivity contribution in [1.82, 2.24) is 0 Å². The summed E-state index contributed by atoms with van der Waals surface area (Å²) in [6, 6.07) is 7.25. The van der Waals surface area contributed by atoms with Crippen molar-refractivity contribution in [3.8, 4) is 0 Å². The Labute approximate surface area is 134 Å². The van der Waals surface area contributed by atoms with Gasteiger partial charge in [-0.25, -0.2) is 0 Å². The molecule has 0 saturated heterocycles. The highest BCUT2D eigenvalue weighted by atomic mass is 35.5. The maximum absolute atomic E-state index is 11.8. The Hall–Kier alpha value is -1.02. The van der Waals surface area contributed by atoms with Crippen LogP contribution in [0.2, 0.25) is 5.02 Å². The zero-order valence-electron chi connectivity index (χ0n) is 13.5. The molecule has 0 aromatic heterocycles. The zero-order chi connectivity index (χ0) is 15.7. The molecule has 1 fully saturated rings. The monoisotopic (exact) mass is 309 g/mol. The number of carbonyl (C=O) groups is 1. The van der Waals surface area contributed by atoms with Gasteiger partial charge in [0.05, 0.1) is 0 Å². The molecule has 2 nitrogen and oxygen atoms in total. The number of rotatable bonds is 3. The van der Waals surface area contributed by atoms with Crippen LogP contribution in [0, 0.1) is 11.8 Å². The van der Waals surface area contributed by atoms with Crippen LogP contribution in [0.4, 0.5) is 5.69 Å². The molecule has 0 unspecified atom stereocenters. The predicted molar refractivity (Wildman–Crippen MR) is 91.8 cm³/mol. The molecule has 0 aliphatic heterocycles. The smallest absolute Gasteiger partial charge is 0.224 e. The summed E-state index contributed by atoms with van der Waals surface area (Å²) < 4.78 is 0. The molecule has 0 spiro atoms.